The van der Waals surface area contributed by atoms with Crippen LogP contribution < -0.4 is 9.47 Å². The fourth-order valence-electron chi connectivity index (χ4n) is 4.77. The highest BCUT2D eigenvalue weighted by Crippen LogP contribution is 2.25. The summed E-state index contributed by atoms with van der Waals surface area (Å²) in [6.45, 7) is 2.19. The summed E-state index contributed by atoms with van der Waals surface area (Å²) in [6.07, 6.45) is 3.90. The molecule has 0 aliphatic rings. The van der Waals surface area contributed by atoms with Gasteiger partial charge in [-0.05, 0) is 71.4 Å². The van der Waals surface area contributed by atoms with Crippen molar-refractivity contribution in [1.29, 1.82) is 0 Å². The van der Waals surface area contributed by atoms with Gasteiger partial charge in [-0.1, -0.05) is 59.6 Å². The van der Waals surface area contributed by atoms with Crippen molar-refractivity contribution in [3.63, 3.8) is 0 Å². The van der Waals surface area contributed by atoms with E-state index in [4.69, 9.17) is 47.6 Å². The number of benzene rings is 4. The monoisotopic (exact) mass is 676 g/mol. The molecule has 4 aromatic carbocycles. The maximum Gasteiger partial charge on any atom is 0.337 e. The summed E-state index contributed by atoms with van der Waals surface area (Å²) >= 11 is 12.1. The van der Waals surface area contributed by atoms with Gasteiger partial charge in [0.25, 0.3) is 0 Å². The molecule has 0 spiro atoms. The number of ether oxygens (including phenoxy) is 3. The number of hydrogen-bond acceptors (Lipinski definition) is 6. The largest absolute Gasteiger partial charge is 0.490 e. The van der Waals surface area contributed by atoms with Crippen LogP contribution in [-0.4, -0.2) is 58.7 Å². The number of para-hydroxylation sites is 2. The standard InChI is InChI=1S/C18H16ClNO3.C17H14ClNO3.CH4O/c1-22-18(21)14-7-6-13-8-9-20(16(13)12-14)10-11-23-17-5-3-2-4-15(17)19;18-14-3-1-2-4-16(14)22-10-9-19-8-7-12-5-6-13(17(20)21)11-15(12)19;1-2/h2-9,12H,10-11H2,1H3;1-8,11H,9-10H2,(H,20,21);2H,1H3. The molecule has 11 heteroatoms. The van der Waals surface area contributed by atoms with Gasteiger partial charge in [0.2, 0.25) is 0 Å². The molecule has 0 aliphatic heterocycles. The smallest absolute Gasteiger partial charge is 0.337 e. The zero-order chi connectivity index (χ0) is 33.8. The van der Waals surface area contributed by atoms with Gasteiger partial charge in [-0.25, -0.2) is 9.59 Å². The van der Waals surface area contributed by atoms with Crippen LogP contribution >= 0.6 is 23.2 Å². The van der Waals surface area contributed by atoms with Crippen LogP contribution in [0.3, 0.4) is 0 Å². The Morgan fingerprint density at radius 3 is 1.55 bits per heavy atom. The molecular weight excluding hydrogens is 643 g/mol. The number of aliphatic hydroxyl groups is 1. The molecule has 0 fully saturated rings. The lowest BCUT2D eigenvalue weighted by Crippen LogP contribution is -2.08. The molecule has 0 unspecified atom stereocenters. The van der Waals surface area contributed by atoms with Crippen molar-refractivity contribution in [1.82, 2.24) is 9.13 Å². The van der Waals surface area contributed by atoms with Crippen molar-refractivity contribution in [2.75, 3.05) is 27.4 Å². The first-order valence-corrected chi connectivity index (χ1v) is 15.3. The van der Waals surface area contributed by atoms with E-state index in [1.54, 1.807) is 30.3 Å². The van der Waals surface area contributed by atoms with Gasteiger partial charge < -0.3 is 33.6 Å². The lowest BCUT2D eigenvalue weighted by molar-refractivity contribution is 0.0600. The number of carbonyl (C=O) groups is 2. The van der Waals surface area contributed by atoms with E-state index in [9.17, 15) is 9.59 Å². The van der Waals surface area contributed by atoms with E-state index in [-0.39, 0.29) is 11.5 Å². The molecule has 6 rings (SSSR count). The number of aromatic nitrogens is 2. The van der Waals surface area contributed by atoms with Gasteiger partial charge in [-0.15, -0.1) is 0 Å². The number of nitrogens with zero attached hydrogens (tertiary/aromatic N) is 2. The van der Waals surface area contributed by atoms with Gasteiger partial charge in [0.15, 0.2) is 0 Å². The number of carbonyl (C=O) groups excluding carboxylic acids is 1. The lowest BCUT2D eigenvalue weighted by atomic mass is 10.1. The lowest BCUT2D eigenvalue weighted by Gasteiger charge is -2.10. The van der Waals surface area contributed by atoms with Gasteiger partial charge in [0, 0.05) is 30.5 Å². The normalized spacial score (nSPS) is 10.4. The third kappa shape index (κ3) is 9.07. The number of esters is 1. The molecule has 0 radical (unpaired) electrons. The fourth-order valence-corrected chi connectivity index (χ4v) is 5.15. The molecule has 0 bridgehead atoms. The molecule has 2 N–H and O–H groups in total. The molecule has 0 aliphatic carbocycles. The molecule has 2 heterocycles. The van der Waals surface area contributed by atoms with Crippen molar-refractivity contribution in [3.05, 3.63) is 131 Å². The number of halogens is 2. The van der Waals surface area contributed by atoms with E-state index in [1.165, 1.54) is 7.11 Å². The van der Waals surface area contributed by atoms with Crippen LogP contribution in [0.5, 0.6) is 11.5 Å². The van der Waals surface area contributed by atoms with Crippen molar-refractivity contribution in [3.8, 4) is 11.5 Å². The Hall–Kier alpha value is -4.96. The first-order chi connectivity index (χ1) is 22.8. The van der Waals surface area contributed by atoms with E-state index in [0.717, 1.165) is 28.9 Å². The van der Waals surface area contributed by atoms with Crippen molar-refractivity contribution in [2.24, 2.45) is 0 Å². The number of fused-ring (bicyclic) bond motifs is 2. The summed E-state index contributed by atoms with van der Waals surface area (Å²) in [6, 6.07) is 29.2. The molecule has 9 nitrogen and oxygen atoms in total. The second-order valence-electron chi connectivity index (χ2n) is 9.92. The third-order valence-electron chi connectivity index (χ3n) is 7.07. The highest BCUT2D eigenvalue weighted by Gasteiger charge is 2.10. The first kappa shape index (κ1) is 34.9. The Labute approximate surface area is 282 Å². The minimum absolute atomic E-state index is 0.277. The van der Waals surface area contributed by atoms with Gasteiger partial charge in [-0.2, -0.15) is 0 Å². The van der Waals surface area contributed by atoms with Gasteiger partial charge in [0.1, 0.15) is 24.7 Å². The van der Waals surface area contributed by atoms with Crippen molar-refractivity contribution in [2.45, 2.75) is 13.1 Å². The predicted octanol–water partition coefficient (Wildman–Crippen LogP) is 7.84. The molecule has 6 aromatic rings. The maximum absolute atomic E-state index is 11.7. The third-order valence-corrected chi connectivity index (χ3v) is 7.69. The Morgan fingerprint density at radius 2 is 1.11 bits per heavy atom. The fraction of sp³-hybridized carbons (Fsp3) is 0.167. The summed E-state index contributed by atoms with van der Waals surface area (Å²) in [7, 11) is 2.38. The number of methoxy groups -OCH3 is 1. The highest BCUT2D eigenvalue weighted by molar-refractivity contribution is 6.32. The zero-order valence-electron chi connectivity index (χ0n) is 25.8. The summed E-state index contributed by atoms with van der Waals surface area (Å²) in [5.41, 5.74) is 2.66. The van der Waals surface area contributed by atoms with E-state index in [2.05, 4.69) is 0 Å². The number of carboxylic acid groups (broad SMARTS) is 1. The topological polar surface area (TPSA) is 112 Å². The van der Waals surface area contributed by atoms with Gasteiger partial charge in [0.05, 0.1) is 41.4 Å². The number of carboxylic acids is 1. The Balaban J connectivity index is 0.000000202. The van der Waals surface area contributed by atoms with E-state index in [0.29, 0.717) is 53.4 Å². The summed E-state index contributed by atoms with van der Waals surface area (Å²) in [5.74, 6) is 0.0432. The quantitative estimate of drug-likeness (QED) is 0.142. The molecule has 2 aromatic heterocycles. The highest BCUT2D eigenvalue weighted by atomic mass is 35.5. The molecule has 47 heavy (non-hydrogen) atoms. The van der Waals surface area contributed by atoms with Crippen LogP contribution in [0.1, 0.15) is 20.7 Å². The molecule has 0 amide bonds. The van der Waals surface area contributed by atoms with Crippen LogP contribution in [0.15, 0.2) is 109 Å². The number of hydrogen-bond donors (Lipinski definition) is 2. The molecule has 0 saturated heterocycles. The van der Waals surface area contributed by atoms with E-state index < -0.39 is 5.97 Å². The average Bonchev–Trinajstić information content (AvgIpc) is 3.70. The predicted molar refractivity (Wildman–Crippen MR) is 184 cm³/mol. The zero-order valence-corrected chi connectivity index (χ0v) is 27.3. The van der Waals surface area contributed by atoms with Crippen molar-refractivity contribution < 1.29 is 34.0 Å². The summed E-state index contributed by atoms with van der Waals surface area (Å²) < 4.78 is 20.2. The Bertz CT molecular complexity index is 1950. The molecule has 244 valence electrons. The SMILES string of the molecule is CO.COC(=O)c1ccc2ccn(CCOc3ccccc3Cl)c2c1.O=C(O)c1ccc2ccn(CCOc3ccccc3Cl)c2c1. The van der Waals surface area contributed by atoms with Gasteiger partial charge >= 0.3 is 11.9 Å². The van der Waals surface area contributed by atoms with E-state index >= 15 is 0 Å². The Kier molecular flexibility index (Phi) is 12.7. The number of aliphatic hydroxyl groups excluding tert-OH is 1. The summed E-state index contributed by atoms with van der Waals surface area (Å²) in [5, 5.41) is 19.3. The number of aromatic carboxylic acids is 1. The first-order valence-electron chi connectivity index (χ1n) is 14.5. The van der Waals surface area contributed by atoms with Crippen LogP contribution in [0.2, 0.25) is 10.0 Å². The van der Waals surface area contributed by atoms with Crippen LogP contribution in [0, 0.1) is 0 Å². The second kappa shape index (κ2) is 17.1. The van der Waals surface area contributed by atoms with Crippen LogP contribution in [-0.2, 0) is 17.8 Å². The molecule has 0 atom stereocenters. The van der Waals surface area contributed by atoms with E-state index in [1.807, 2.05) is 88.3 Å². The minimum Gasteiger partial charge on any atom is -0.490 e. The second-order valence-corrected chi connectivity index (χ2v) is 10.7. The molecule has 0 saturated carbocycles. The molecular formula is C36H34Cl2N2O7. The average molecular weight is 678 g/mol. The van der Waals surface area contributed by atoms with Gasteiger partial charge in [-0.3, -0.25) is 0 Å². The number of rotatable bonds is 10. The summed E-state index contributed by atoms with van der Waals surface area (Å²) in [4.78, 5) is 22.7. The maximum atomic E-state index is 11.7. The Morgan fingerprint density at radius 1 is 0.660 bits per heavy atom. The van der Waals surface area contributed by atoms with Crippen molar-refractivity contribution >= 4 is 56.9 Å². The van der Waals surface area contributed by atoms with Crippen LogP contribution in [0.4, 0.5) is 0 Å². The minimum atomic E-state index is -0.929. The van der Waals surface area contributed by atoms with Crippen LogP contribution in [0.25, 0.3) is 21.8 Å².